The quantitative estimate of drug-likeness (QED) is 0.616. The van der Waals surface area contributed by atoms with E-state index in [0.29, 0.717) is 26.1 Å². The SMILES string of the molecule is CCOC(=O)CCNCc1cc2c(cc1OC)CC(C)O2. The lowest BCUT2D eigenvalue weighted by atomic mass is 10.1. The molecular weight excluding hydrogens is 270 g/mol. The van der Waals surface area contributed by atoms with Crippen LogP contribution in [-0.2, 0) is 22.5 Å². The number of rotatable bonds is 7. The highest BCUT2D eigenvalue weighted by Crippen LogP contribution is 2.34. The number of methoxy groups -OCH3 is 1. The molecule has 5 nitrogen and oxygen atoms in total. The average molecular weight is 293 g/mol. The summed E-state index contributed by atoms with van der Waals surface area (Å²) < 4.78 is 16.1. The molecule has 1 N–H and O–H groups in total. The molecule has 1 unspecified atom stereocenters. The van der Waals surface area contributed by atoms with Gasteiger partial charge in [-0.1, -0.05) is 0 Å². The smallest absolute Gasteiger partial charge is 0.307 e. The van der Waals surface area contributed by atoms with Gasteiger partial charge in [-0.05, 0) is 26.0 Å². The van der Waals surface area contributed by atoms with E-state index < -0.39 is 0 Å². The summed E-state index contributed by atoms with van der Waals surface area (Å²) in [5, 5.41) is 3.23. The summed E-state index contributed by atoms with van der Waals surface area (Å²) in [6, 6.07) is 4.07. The third-order valence-electron chi connectivity index (χ3n) is 3.43. The van der Waals surface area contributed by atoms with Gasteiger partial charge in [0.2, 0.25) is 0 Å². The molecule has 1 aliphatic rings. The second-order valence-corrected chi connectivity index (χ2v) is 5.14. The maximum Gasteiger partial charge on any atom is 0.307 e. The fraction of sp³-hybridized carbons (Fsp3) is 0.562. The maximum atomic E-state index is 11.3. The monoisotopic (exact) mass is 293 g/mol. The van der Waals surface area contributed by atoms with Crippen LogP contribution in [0.25, 0.3) is 0 Å². The molecular formula is C16H23NO4. The molecule has 2 rings (SSSR count). The number of benzene rings is 1. The van der Waals surface area contributed by atoms with Crippen molar-refractivity contribution < 1.29 is 19.0 Å². The van der Waals surface area contributed by atoms with Gasteiger partial charge in [-0.25, -0.2) is 0 Å². The van der Waals surface area contributed by atoms with E-state index in [0.717, 1.165) is 23.5 Å². The first-order valence-electron chi connectivity index (χ1n) is 7.36. The molecule has 0 spiro atoms. The number of esters is 1. The van der Waals surface area contributed by atoms with Gasteiger partial charge in [-0.15, -0.1) is 0 Å². The van der Waals surface area contributed by atoms with E-state index in [2.05, 4.69) is 12.2 Å². The van der Waals surface area contributed by atoms with Crippen LogP contribution in [0.2, 0.25) is 0 Å². The topological polar surface area (TPSA) is 56.8 Å². The van der Waals surface area contributed by atoms with Crippen molar-refractivity contribution in [2.75, 3.05) is 20.3 Å². The van der Waals surface area contributed by atoms with E-state index >= 15 is 0 Å². The third kappa shape index (κ3) is 4.11. The van der Waals surface area contributed by atoms with Crippen molar-refractivity contribution in [3.05, 3.63) is 23.3 Å². The molecule has 1 heterocycles. The van der Waals surface area contributed by atoms with E-state index in [1.807, 2.05) is 19.1 Å². The Hall–Kier alpha value is -1.75. The molecule has 0 saturated carbocycles. The Labute approximate surface area is 125 Å². The molecule has 21 heavy (non-hydrogen) atoms. The van der Waals surface area contributed by atoms with Crippen molar-refractivity contribution in [1.82, 2.24) is 5.32 Å². The van der Waals surface area contributed by atoms with Crippen molar-refractivity contribution in [2.45, 2.75) is 39.3 Å². The van der Waals surface area contributed by atoms with Gasteiger partial charge in [0.15, 0.2) is 0 Å². The lowest BCUT2D eigenvalue weighted by Gasteiger charge is -2.12. The number of carbonyl (C=O) groups is 1. The Bertz CT molecular complexity index is 501. The minimum Gasteiger partial charge on any atom is -0.496 e. The van der Waals surface area contributed by atoms with Crippen LogP contribution in [0.3, 0.4) is 0 Å². The summed E-state index contributed by atoms with van der Waals surface area (Å²) in [6.45, 7) is 5.50. The predicted molar refractivity (Wildman–Crippen MR) is 79.7 cm³/mol. The zero-order valence-electron chi connectivity index (χ0n) is 12.9. The van der Waals surface area contributed by atoms with Crippen molar-refractivity contribution in [2.24, 2.45) is 0 Å². The number of hydrogen-bond donors (Lipinski definition) is 1. The number of hydrogen-bond acceptors (Lipinski definition) is 5. The van der Waals surface area contributed by atoms with Crippen LogP contribution < -0.4 is 14.8 Å². The Morgan fingerprint density at radius 3 is 3.00 bits per heavy atom. The van der Waals surface area contributed by atoms with Gasteiger partial charge < -0.3 is 19.5 Å². The first-order chi connectivity index (χ1) is 10.1. The number of fused-ring (bicyclic) bond motifs is 1. The van der Waals surface area contributed by atoms with Crippen LogP contribution >= 0.6 is 0 Å². The van der Waals surface area contributed by atoms with Crippen LogP contribution in [0.15, 0.2) is 12.1 Å². The predicted octanol–water partition coefficient (Wildman–Crippen LogP) is 2.06. The van der Waals surface area contributed by atoms with Gasteiger partial charge in [0.1, 0.15) is 17.6 Å². The summed E-state index contributed by atoms with van der Waals surface area (Å²) in [5.41, 5.74) is 2.23. The molecule has 5 heteroatoms. The molecule has 0 amide bonds. The summed E-state index contributed by atoms with van der Waals surface area (Å²) in [5.74, 6) is 1.61. The largest absolute Gasteiger partial charge is 0.496 e. The molecule has 1 aromatic rings. The molecule has 116 valence electrons. The molecule has 0 saturated heterocycles. The Morgan fingerprint density at radius 1 is 1.48 bits per heavy atom. The minimum absolute atomic E-state index is 0.178. The van der Waals surface area contributed by atoms with Crippen LogP contribution in [0.5, 0.6) is 11.5 Å². The second-order valence-electron chi connectivity index (χ2n) is 5.14. The molecule has 1 aromatic carbocycles. The van der Waals surface area contributed by atoms with Crippen LogP contribution in [0.1, 0.15) is 31.4 Å². The molecule has 0 radical (unpaired) electrons. The lowest BCUT2D eigenvalue weighted by Crippen LogP contribution is -2.19. The zero-order chi connectivity index (χ0) is 15.2. The first kappa shape index (κ1) is 15.6. The molecule has 0 bridgehead atoms. The van der Waals surface area contributed by atoms with Gasteiger partial charge in [-0.2, -0.15) is 0 Å². The normalized spacial score (nSPS) is 16.2. The van der Waals surface area contributed by atoms with Crippen LogP contribution in [0.4, 0.5) is 0 Å². The van der Waals surface area contributed by atoms with Gasteiger partial charge in [0.05, 0.1) is 20.1 Å². The standard InChI is InChI=1S/C16H23NO4/c1-4-20-16(18)5-6-17-10-13-9-15-12(7-11(2)21-15)8-14(13)19-3/h8-9,11,17H,4-7,10H2,1-3H3. The third-order valence-corrected chi connectivity index (χ3v) is 3.43. The Morgan fingerprint density at radius 2 is 2.29 bits per heavy atom. The summed E-state index contributed by atoms with van der Waals surface area (Å²) in [7, 11) is 1.67. The Kier molecular flexibility index (Phi) is 5.44. The van der Waals surface area contributed by atoms with E-state index in [9.17, 15) is 4.79 Å². The number of ether oxygens (including phenoxy) is 3. The fourth-order valence-electron chi connectivity index (χ4n) is 2.46. The molecule has 1 atom stereocenters. The number of nitrogens with one attached hydrogen (secondary N) is 1. The highest BCUT2D eigenvalue weighted by atomic mass is 16.5. The fourth-order valence-corrected chi connectivity index (χ4v) is 2.46. The van der Waals surface area contributed by atoms with Crippen molar-refractivity contribution in [3.63, 3.8) is 0 Å². The van der Waals surface area contributed by atoms with Crippen LogP contribution in [-0.4, -0.2) is 32.3 Å². The molecule has 0 aromatic heterocycles. The van der Waals surface area contributed by atoms with Gasteiger partial charge in [-0.3, -0.25) is 4.79 Å². The van der Waals surface area contributed by atoms with Crippen LogP contribution in [0, 0.1) is 0 Å². The first-order valence-corrected chi connectivity index (χ1v) is 7.36. The highest BCUT2D eigenvalue weighted by Gasteiger charge is 2.21. The minimum atomic E-state index is -0.178. The summed E-state index contributed by atoms with van der Waals surface area (Å²) in [4.78, 5) is 11.3. The zero-order valence-corrected chi connectivity index (χ0v) is 12.9. The van der Waals surface area contributed by atoms with Crippen molar-refractivity contribution in [1.29, 1.82) is 0 Å². The summed E-state index contributed by atoms with van der Waals surface area (Å²) in [6.07, 6.45) is 1.51. The van der Waals surface area contributed by atoms with E-state index in [1.165, 1.54) is 5.56 Å². The second kappa shape index (κ2) is 7.31. The van der Waals surface area contributed by atoms with Gasteiger partial charge in [0, 0.05) is 30.6 Å². The average Bonchev–Trinajstić information content (AvgIpc) is 2.81. The number of carbonyl (C=O) groups excluding carboxylic acids is 1. The van der Waals surface area contributed by atoms with Crippen molar-refractivity contribution >= 4 is 5.97 Å². The van der Waals surface area contributed by atoms with Gasteiger partial charge >= 0.3 is 5.97 Å². The van der Waals surface area contributed by atoms with Crippen molar-refractivity contribution in [3.8, 4) is 11.5 Å². The highest BCUT2D eigenvalue weighted by molar-refractivity contribution is 5.69. The van der Waals surface area contributed by atoms with E-state index in [1.54, 1.807) is 7.11 Å². The van der Waals surface area contributed by atoms with E-state index in [-0.39, 0.29) is 12.1 Å². The summed E-state index contributed by atoms with van der Waals surface area (Å²) >= 11 is 0. The molecule has 0 fully saturated rings. The maximum absolute atomic E-state index is 11.3. The molecule has 0 aliphatic carbocycles. The Balaban J connectivity index is 1.91. The lowest BCUT2D eigenvalue weighted by molar-refractivity contribution is -0.142. The van der Waals surface area contributed by atoms with E-state index in [4.69, 9.17) is 14.2 Å². The molecule has 1 aliphatic heterocycles. The van der Waals surface area contributed by atoms with Gasteiger partial charge in [0.25, 0.3) is 0 Å².